The largest absolute Gasteiger partial charge is 0.496 e. The minimum absolute atomic E-state index is 0. The zero-order valence-corrected chi connectivity index (χ0v) is 18.4. The van der Waals surface area contributed by atoms with Crippen LogP contribution in [0.25, 0.3) is 0 Å². The maximum Gasteiger partial charge on any atom is 0.239 e. The summed E-state index contributed by atoms with van der Waals surface area (Å²) in [4.78, 5) is 16.4. The van der Waals surface area contributed by atoms with Crippen molar-refractivity contribution in [3.63, 3.8) is 0 Å². The van der Waals surface area contributed by atoms with Crippen LogP contribution in [0.15, 0.2) is 23.2 Å². The Labute approximate surface area is 168 Å². The second kappa shape index (κ2) is 11.2. The minimum atomic E-state index is -0.241. The molecular weight excluding hydrogens is 431 g/mol. The summed E-state index contributed by atoms with van der Waals surface area (Å²) in [5.74, 6) is 1.43. The number of benzene rings is 1. The van der Waals surface area contributed by atoms with Gasteiger partial charge < -0.3 is 20.7 Å². The van der Waals surface area contributed by atoms with Crippen LogP contribution in [-0.4, -0.2) is 37.6 Å². The van der Waals surface area contributed by atoms with Gasteiger partial charge in [-0.3, -0.25) is 4.79 Å². The number of amides is 1. The first-order valence-corrected chi connectivity index (χ1v) is 8.22. The predicted octanol–water partition coefficient (Wildman–Crippen LogP) is 2.59. The first-order valence-electron chi connectivity index (χ1n) is 8.22. The molecule has 0 saturated heterocycles. The number of aryl methyl sites for hydroxylation is 1. The van der Waals surface area contributed by atoms with Crippen molar-refractivity contribution in [3.8, 4) is 5.75 Å². The molecule has 1 amide bonds. The Balaban J connectivity index is 0.00000576. The summed E-state index contributed by atoms with van der Waals surface area (Å²) >= 11 is 0. The van der Waals surface area contributed by atoms with Gasteiger partial charge in [-0.2, -0.15) is 0 Å². The standard InChI is InChI=1S/C18H30N4O2.HI/c1-7-19-17(21-12-16(23)22-18(3,4)5)20-11-14-8-9-15(24-6)13(2)10-14;/h8-10H,7,11-12H2,1-6H3,(H,22,23)(H2,19,20,21);1H. The van der Waals surface area contributed by atoms with Gasteiger partial charge in [0.1, 0.15) is 5.75 Å². The van der Waals surface area contributed by atoms with E-state index < -0.39 is 0 Å². The van der Waals surface area contributed by atoms with E-state index in [2.05, 4.69) is 27.0 Å². The maximum absolute atomic E-state index is 11.9. The van der Waals surface area contributed by atoms with Gasteiger partial charge in [0.2, 0.25) is 5.91 Å². The van der Waals surface area contributed by atoms with Gasteiger partial charge in [0, 0.05) is 12.1 Å². The van der Waals surface area contributed by atoms with E-state index in [1.807, 2.05) is 46.8 Å². The molecule has 142 valence electrons. The number of aliphatic imine (C=N–C) groups is 1. The molecule has 0 atom stereocenters. The normalized spacial score (nSPS) is 11.4. The molecule has 0 aliphatic heterocycles. The van der Waals surface area contributed by atoms with Crippen LogP contribution in [0.5, 0.6) is 5.75 Å². The first kappa shape index (κ1) is 23.5. The molecule has 1 rings (SSSR count). The van der Waals surface area contributed by atoms with Crippen LogP contribution in [0.2, 0.25) is 0 Å². The van der Waals surface area contributed by atoms with Crippen molar-refractivity contribution in [1.82, 2.24) is 16.0 Å². The molecule has 0 aromatic heterocycles. The van der Waals surface area contributed by atoms with Gasteiger partial charge in [-0.05, 0) is 51.8 Å². The molecule has 0 heterocycles. The molecule has 7 heteroatoms. The number of hydrogen-bond donors (Lipinski definition) is 3. The molecule has 0 saturated carbocycles. The fourth-order valence-electron chi connectivity index (χ4n) is 2.18. The lowest BCUT2D eigenvalue weighted by Crippen LogP contribution is -2.48. The van der Waals surface area contributed by atoms with Crippen molar-refractivity contribution in [1.29, 1.82) is 0 Å². The van der Waals surface area contributed by atoms with E-state index in [0.29, 0.717) is 12.5 Å². The van der Waals surface area contributed by atoms with Gasteiger partial charge in [0.05, 0.1) is 20.2 Å². The summed E-state index contributed by atoms with van der Waals surface area (Å²) in [5.41, 5.74) is 1.92. The van der Waals surface area contributed by atoms with Crippen molar-refractivity contribution in [2.24, 2.45) is 4.99 Å². The second-order valence-electron chi connectivity index (χ2n) is 6.65. The van der Waals surface area contributed by atoms with Crippen LogP contribution in [0.3, 0.4) is 0 Å². The molecule has 6 nitrogen and oxygen atoms in total. The summed E-state index contributed by atoms with van der Waals surface area (Å²) in [6.07, 6.45) is 0. The highest BCUT2D eigenvalue weighted by Crippen LogP contribution is 2.18. The average molecular weight is 462 g/mol. The Morgan fingerprint density at radius 2 is 1.92 bits per heavy atom. The lowest BCUT2D eigenvalue weighted by atomic mass is 10.1. The van der Waals surface area contributed by atoms with Crippen molar-refractivity contribution in [2.75, 3.05) is 20.2 Å². The highest BCUT2D eigenvalue weighted by atomic mass is 127. The molecule has 0 bridgehead atoms. The third kappa shape index (κ3) is 9.52. The molecule has 0 unspecified atom stereocenters. The topological polar surface area (TPSA) is 74.8 Å². The fourth-order valence-corrected chi connectivity index (χ4v) is 2.18. The summed E-state index contributed by atoms with van der Waals surface area (Å²) < 4.78 is 5.26. The number of carbonyl (C=O) groups is 1. The van der Waals surface area contributed by atoms with Crippen LogP contribution >= 0.6 is 24.0 Å². The van der Waals surface area contributed by atoms with Crippen LogP contribution in [0, 0.1) is 6.92 Å². The Kier molecular flexibility index (Phi) is 10.5. The van der Waals surface area contributed by atoms with Crippen LogP contribution in [0.1, 0.15) is 38.8 Å². The average Bonchev–Trinajstić information content (AvgIpc) is 2.48. The molecule has 3 N–H and O–H groups in total. The van der Waals surface area contributed by atoms with E-state index in [1.54, 1.807) is 7.11 Å². The van der Waals surface area contributed by atoms with E-state index in [0.717, 1.165) is 23.4 Å². The van der Waals surface area contributed by atoms with E-state index in [4.69, 9.17) is 4.74 Å². The van der Waals surface area contributed by atoms with Gasteiger partial charge in [-0.1, -0.05) is 12.1 Å². The molecule has 0 radical (unpaired) electrons. The number of nitrogens with zero attached hydrogens (tertiary/aromatic N) is 1. The van der Waals surface area contributed by atoms with Crippen molar-refractivity contribution in [2.45, 2.75) is 46.7 Å². The minimum Gasteiger partial charge on any atom is -0.496 e. The van der Waals surface area contributed by atoms with Gasteiger partial charge in [0.15, 0.2) is 5.96 Å². The number of ether oxygens (including phenoxy) is 1. The molecule has 1 aromatic carbocycles. The number of rotatable bonds is 6. The van der Waals surface area contributed by atoms with Crippen LogP contribution in [-0.2, 0) is 11.3 Å². The van der Waals surface area contributed by atoms with Crippen molar-refractivity contribution >= 4 is 35.8 Å². The van der Waals surface area contributed by atoms with E-state index in [1.165, 1.54) is 0 Å². The maximum atomic E-state index is 11.9. The quantitative estimate of drug-likeness (QED) is 0.345. The van der Waals surface area contributed by atoms with Gasteiger partial charge in [-0.15, -0.1) is 24.0 Å². The molecule has 1 aromatic rings. The highest BCUT2D eigenvalue weighted by Gasteiger charge is 2.13. The number of methoxy groups -OCH3 is 1. The van der Waals surface area contributed by atoms with Crippen LogP contribution in [0.4, 0.5) is 0 Å². The Morgan fingerprint density at radius 1 is 1.24 bits per heavy atom. The zero-order valence-electron chi connectivity index (χ0n) is 16.0. The van der Waals surface area contributed by atoms with Gasteiger partial charge in [-0.25, -0.2) is 4.99 Å². The lowest BCUT2D eigenvalue weighted by molar-refractivity contribution is -0.121. The number of nitrogens with one attached hydrogen (secondary N) is 3. The molecule has 0 aliphatic carbocycles. The fraction of sp³-hybridized carbons (Fsp3) is 0.556. The molecule has 0 aliphatic rings. The van der Waals surface area contributed by atoms with Crippen molar-refractivity contribution in [3.05, 3.63) is 29.3 Å². The summed E-state index contributed by atoms with van der Waals surface area (Å²) in [6.45, 7) is 11.3. The number of guanidine groups is 1. The first-order chi connectivity index (χ1) is 11.2. The Morgan fingerprint density at radius 3 is 2.44 bits per heavy atom. The Bertz CT molecular complexity index is 583. The number of hydrogen-bond acceptors (Lipinski definition) is 3. The van der Waals surface area contributed by atoms with E-state index in [9.17, 15) is 4.79 Å². The molecular formula is C18H31IN4O2. The lowest BCUT2D eigenvalue weighted by Gasteiger charge is -2.21. The van der Waals surface area contributed by atoms with Crippen LogP contribution < -0.4 is 20.7 Å². The molecule has 0 spiro atoms. The van der Waals surface area contributed by atoms with Gasteiger partial charge >= 0.3 is 0 Å². The third-order valence-electron chi connectivity index (χ3n) is 3.15. The molecule has 0 fully saturated rings. The number of halogens is 1. The third-order valence-corrected chi connectivity index (χ3v) is 3.15. The SMILES string of the molecule is CCNC(=NCc1ccc(OC)c(C)c1)NCC(=O)NC(C)(C)C.I. The number of carbonyl (C=O) groups excluding carboxylic acids is 1. The molecule has 25 heavy (non-hydrogen) atoms. The predicted molar refractivity (Wildman–Crippen MR) is 114 cm³/mol. The summed E-state index contributed by atoms with van der Waals surface area (Å²) in [5, 5.41) is 9.11. The second-order valence-corrected chi connectivity index (χ2v) is 6.65. The monoisotopic (exact) mass is 462 g/mol. The van der Waals surface area contributed by atoms with E-state index in [-0.39, 0.29) is 42.0 Å². The Hall–Kier alpha value is -1.51. The van der Waals surface area contributed by atoms with E-state index >= 15 is 0 Å². The van der Waals surface area contributed by atoms with Crippen molar-refractivity contribution < 1.29 is 9.53 Å². The highest BCUT2D eigenvalue weighted by molar-refractivity contribution is 14.0. The smallest absolute Gasteiger partial charge is 0.239 e. The summed E-state index contributed by atoms with van der Waals surface area (Å²) in [6, 6.07) is 5.99. The summed E-state index contributed by atoms with van der Waals surface area (Å²) in [7, 11) is 1.66. The van der Waals surface area contributed by atoms with Gasteiger partial charge in [0.25, 0.3) is 0 Å². The zero-order chi connectivity index (χ0) is 18.2.